The number of esters is 1. The maximum absolute atomic E-state index is 12.5. The van der Waals surface area contributed by atoms with Crippen molar-refractivity contribution in [2.75, 3.05) is 13.7 Å². The third kappa shape index (κ3) is 2.86. The zero-order valence-electron chi connectivity index (χ0n) is 11.3. The number of hydrogen-bond acceptors (Lipinski definition) is 4. The molecule has 2 unspecified atom stereocenters. The van der Waals surface area contributed by atoms with E-state index in [0.29, 0.717) is 5.56 Å². The molecule has 1 saturated heterocycles. The number of carbonyl (C=O) groups excluding carboxylic acids is 2. The van der Waals surface area contributed by atoms with Gasteiger partial charge in [-0.1, -0.05) is 22.0 Å². The average Bonchev–Trinajstić information content (AvgIpc) is 2.82. The van der Waals surface area contributed by atoms with Crippen molar-refractivity contribution in [2.45, 2.75) is 25.5 Å². The summed E-state index contributed by atoms with van der Waals surface area (Å²) in [6.45, 7) is 2.07. The minimum Gasteiger partial charge on any atom is -0.467 e. The lowest BCUT2D eigenvalue weighted by Gasteiger charge is -2.22. The van der Waals surface area contributed by atoms with Gasteiger partial charge in [0, 0.05) is 23.0 Å². The highest BCUT2D eigenvalue weighted by Gasteiger charge is 2.39. The first kappa shape index (κ1) is 15.0. The van der Waals surface area contributed by atoms with E-state index in [9.17, 15) is 14.7 Å². The molecule has 2 atom stereocenters. The van der Waals surface area contributed by atoms with Gasteiger partial charge in [0.1, 0.15) is 6.04 Å². The fraction of sp³-hybridized carbons (Fsp3) is 0.429. The Hall–Kier alpha value is -1.40. The van der Waals surface area contributed by atoms with Crippen LogP contribution in [0.5, 0.6) is 0 Å². The molecule has 0 aliphatic carbocycles. The number of nitrogens with zero attached hydrogens (tertiary/aromatic N) is 1. The van der Waals surface area contributed by atoms with Crippen LogP contribution in [0.15, 0.2) is 22.7 Å². The van der Waals surface area contributed by atoms with Gasteiger partial charge in [-0.05, 0) is 24.6 Å². The summed E-state index contributed by atoms with van der Waals surface area (Å²) in [6, 6.07) is 4.54. The van der Waals surface area contributed by atoms with Gasteiger partial charge in [0.2, 0.25) is 0 Å². The number of aliphatic hydroxyl groups is 1. The van der Waals surface area contributed by atoms with Gasteiger partial charge >= 0.3 is 5.97 Å². The molecular weight excluding hydrogens is 326 g/mol. The lowest BCUT2D eigenvalue weighted by Crippen LogP contribution is -2.41. The molecule has 1 amide bonds. The molecule has 1 aromatic rings. The van der Waals surface area contributed by atoms with Gasteiger partial charge in [0.25, 0.3) is 5.91 Å². The number of β-amino-alcohol motifs (C(OH)–C–C–N with tert-alkyl or cyclic N) is 1. The predicted octanol–water partition coefficient (Wildman–Crippen LogP) is 1.51. The van der Waals surface area contributed by atoms with Crippen LogP contribution in [-0.2, 0) is 9.53 Å². The first-order valence-corrected chi connectivity index (χ1v) is 7.06. The van der Waals surface area contributed by atoms with Crippen molar-refractivity contribution in [1.29, 1.82) is 0 Å². The molecule has 6 heteroatoms. The van der Waals surface area contributed by atoms with Gasteiger partial charge in [0.05, 0.1) is 13.2 Å². The first-order chi connectivity index (χ1) is 9.43. The van der Waals surface area contributed by atoms with E-state index in [2.05, 4.69) is 20.7 Å². The van der Waals surface area contributed by atoms with E-state index in [0.717, 1.165) is 10.0 Å². The minimum atomic E-state index is -0.720. The van der Waals surface area contributed by atoms with Crippen LogP contribution in [0.1, 0.15) is 22.3 Å². The number of halogens is 1. The fourth-order valence-electron chi connectivity index (χ4n) is 2.29. The molecule has 5 nitrogen and oxygen atoms in total. The number of methoxy groups -OCH3 is 1. The van der Waals surface area contributed by atoms with Crippen molar-refractivity contribution in [3.05, 3.63) is 33.8 Å². The van der Waals surface area contributed by atoms with E-state index in [-0.39, 0.29) is 18.9 Å². The predicted molar refractivity (Wildman–Crippen MR) is 76.3 cm³/mol. The maximum Gasteiger partial charge on any atom is 0.328 e. The number of benzene rings is 1. The van der Waals surface area contributed by atoms with Crippen molar-refractivity contribution in [3.63, 3.8) is 0 Å². The molecule has 1 N–H and O–H groups in total. The monoisotopic (exact) mass is 341 g/mol. The fourth-order valence-corrected chi connectivity index (χ4v) is 2.67. The van der Waals surface area contributed by atoms with Crippen molar-refractivity contribution in [3.8, 4) is 0 Å². The quantitative estimate of drug-likeness (QED) is 0.828. The maximum atomic E-state index is 12.5. The summed E-state index contributed by atoms with van der Waals surface area (Å²) in [4.78, 5) is 25.5. The molecule has 0 bridgehead atoms. The number of likely N-dealkylation sites (tertiary alicyclic amines) is 1. The van der Waals surface area contributed by atoms with Crippen LogP contribution in [0.25, 0.3) is 0 Å². The molecule has 0 radical (unpaired) electrons. The molecule has 108 valence electrons. The number of ether oxygens (including phenoxy) is 1. The van der Waals surface area contributed by atoms with Crippen molar-refractivity contribution in [1.82, 2.24) is 4.90 Å². The summed E-state index contributed by atoms with van der Waals surface area (Å²) < 4.78 is 5.52. The molecule has 0 aromatic heterocycles. The van der Waals surface area contributed by atoms with Crippen LogP contribution in [0.2, 0.25) is 0 Å². The van der Waals surface area contributed by atoms with Gasteiger partial charge in [-0.25, -0.2) is 4.79 Å². The third-order valence-corrected chi connectivity index (χ3v) is 4.29. The Morgan fingerprint density at radius 2 is 2.15 bits per heavy atom. The van der Waals surface area contributed by atoms with Crippen LogP contribution in [0.3, 0.4) is 0 Å². The van der Waals surface area contributed by atoms with Crippen LogP contribution in [0.4, 0.5) is 0 Å². The van der Waals surface area contributed by atoms with Crippen LogP contribution in [0, 0.1) is 6.92 Å². The van der Waals surface area contributed by atoms with Crippen LogP contribution in [-0.4, -0.2) is 47.7 Å². The molecule has 1 aliphatic heterocycles. The van der Waals surface area contributed by atoms with E-state index < -0.39 is 18.1 Å². The normalized spacial score (nSPS) is 21.9. The van der Waals surface area contributed by atoms with Gasteiger partial charge in [-0.15, -0.1) is 0 Å². The molecule has 0 spiro atoms. The van der Waals surface area contributed by atoms with Crippen molar-refractivity contribution >= 4 is 27.8 Å². The summed E-state index contributed by atoms with van der Waals surface area (Å²) in [5.74, 6) is -0.779. The number of rotatable bonds is 2. The number of aryl methyl sites for hydroxylation is 1. The Balaban J connectivity index is 2.26. The van der Waals surface area contributed by atoms with E-state index >= 15 is 0 Å². The van der Waals surface area contributed by atoms with Gasteiger partial charge in [0.15, 0.2) is 0 Å². The van der Waals surface area contributed by atoms with E-state index in [1.807, 2.05) is 13.0 Å². The molecular formula is C14H16BrNO4. The van der Waals surface area contributed by atoms with Gasteiger partial charge in [-0.3, -0.25) is 4.79 Å². The second kappa shape index (κ2) is 5.93. The standard InChI is InChI=1S/C14H16BrNO4/c1-8-3-4-9(5-11(8)15)13(18)16-7-10(17)6-12(16)14(19)20-2/h3-5,10,12,17H,6-7H2,1-2H3. The summed E-state index contributed by atoms with van der Waals surface area (Å²) in [5, 5.41) is 9.70. The summed E-state index contributed by atoms with van der Waals surface area (Å²) in [6.07, 6.45) is -0.484. The molecule has 20 heavy (non-hydrogen) atoms. The molecule has 1 aromatic carbocycles. The van der Waals surface area contributed by atoms with Crippen LogP contribution < -0.4 is 0 Å². The third-order valence-electron chi connectivity index (χ3n) is 3.43. The smallest absolute Gasteiger partial charge is 0.328 e. The van der Waals surface area contributed by atoms with E-state index in [1.165, 1.54) is 12.0 Å². The molecule has 0 saturated carbocycles. The second-order valence-electron chi connectivity index (χ2n) is 4.85. The number of amides is 1. The minimum absolute atomic E-state index is 0.143. The Morgan fingerprint density at radius 1 is 1.45 bits per heavy atom. The highest BCUT2D eigenvalue weighted by atomic mass is 79.9. The molecule has 1 aliphatic rings. The molecule has 1 fully saturated rings. The van der Waals surface area contributed by atoms with Crippen molar-refractivity contribution in [2.24, 2.45) is 0 Å². The number of carbonyl (C=O) groups is 2. The summed E-state index contributed by atoms with van der Waals surface area (Å²) in [7, 11) is 1.28. The molecule has 1 heterocycles. The highest BCUT2D eigenvalue weighted by molar-refractivity contribution is 9.10. The largest absolute Gasteiger partial charge is 0.467 e. The SMILES string of the molecule is COC(=O)C1CC(O)CN1C(=O)c1ccc(C)c(Br)c1. The highest BCUT2D eigenvalue weighted by Crippen LogP contribution is 2.24. The number of hydrogen-bond donors (Lipinski definition) is 1. The Labute approximate surface area is 125 Å². The van der Waals surface area contributed by atoms with Gasteiger partial charge < -0.3 is 14.7 Å². The van der Waals surface area contributed by atoms with Crippen molar-refractivity contribution < 1.29 is 19.4 Å². The Morgan fingerprint density at radius 3 is 2.75 bits per heavy atom. The first-order valence-electron chi connectivity index (χ1n) is 6.27. The Kier molecular flexibility index (Phi) is 4.45. The lowest BCUT2D eigenvalue weighted by molar-refractivity contribution is -0.145. The lowest BCUT2D eigenvalue weighted by atomic mass is 10.1. The summed E-state index contributed by atoms with van der Waals surface area (Å²) in [5.41, 5.74) is 1.50. The summed E-state index contributed by atoms with van der Waals surface area (Å²) >= 11 is 3.38. The van der Waals surface area contributed by atoms with Gasteiger partial charge in [-0.2, -0.15) is 0 Å². The Bertz CT molecular complexity index is 546. The average molecular weight is 342 g/mol. The zero-order chi connectivity index (χ0) is 14.9. The zero-order valence-corrected chi connectivity index (χ0v) is 12.9. The molecule has 2 rings (SSSR count). The topological polar surface area (TPSA) is 66.8 Å². The van der Waals surface area contributed by atoms with Crippen LogP contribution >= 0.6 is 15.9 Å². The number of aliphatic hydroxyl groups excluding tert-OH is 1. The van der Waals surface area contributed by atoms with E-state index in [4.69, 9.17) is 0 Å². The second-order valence-corrected chi connectivity index (χ2v) is 5.70. The van der Waals surface area contributed by atoms with E-state index in [1.54, 1.807) is 12.1 Å².